The van der Waals surface area contributed by atoms with Gasteiger partial charge in [-0.05, 0) is 49.2 Å². The van der Waals surface area contributed by atoms with Crippen LogP contribution >= 0.6 is 11.6 Å². The monoisotopic (exact) mass is 402 g/mol. The molecule has 6 heteroatoms. The summed E-state index contributed by atoms with van der Waals surface area (Å²) in [5.41, 5.74) is 1.78. The molecule has 1 amide bonds. The molecule has 0 unspecified atom stereocenters. The molecule has 2 aromatic carbocycles. The van der Waals surface area contributed by atoms with Gasteiger partial charge in [-0.25, -0.2) is 0 Å². The number of hydrogen-bond donors (Lipinski definition) is 1. The van der Waals surface area contributed by atoms with Crippen molar-refractivity contribution in [2.75, 3.05) is 39.5 Å². The van der Waals surface area contributed by atoms with Crippen molar-refractivity contribution in [2.24, 2.45) is 0 Å². The third-order valence-electron chi connectivity index (χ3n) is 4.66. The van der Waals surface area contributed by atoms with Gasteiger partial charge in [0, 0.05) is 31.3 Å². The highest BCUT2D eigenvalue weighted by molar-refractivity contribution is 6.30. The first-order valence-corrected chi connectivity index (χ1v) is 10.1. The van der Waals surface area contributed by atoms with Crippen LogP contribution in [0.4, 0.5) is 0 Å². The van der Waals surface area contributed by atoms with Crippen molar-refractivity contribution >= 4 is 17.5 Å². The summed E-state index contributed by atoms with van der Waals surface area (Å²) < 4.78 is 11.6. The summed E-state index contributed by atoms with van der Waals surface area (Å²) in [6.07, 6.45) is 2.04. The molecular weight excluding hydrogens is 376 g/mol. The van der Waals surface area contributed by atoms with Gasteiger partial charge >= 0.3 is 0 Å². The van der Waals surface area contributed by atoms with Gasteiger partial charge in [0.05, 0.1) is 12.2 Å². The quantitative estimate of drug-likeness (QED) is 0.830. The maximum atomic E-state index is 12.4. The Hall–Kier alpha value is -2.08. The topological polar surface area (TPSA) is 50.8 Å². The fourth-order valence-electron chi connectivity index (χ4n) is 3.16. The Morgan fingerprint density at radius 3 is 2.64 bits per heavy atom. The van der Waals surface area contributed by atoms with Crippen LogP contribution in [0.3, 0.4) is 0 Å². The average Bonchev–Trinajstić information content (AvgIpc) is 2.71. The van der Waals surface area contributed by atoms with Crippen molar-refractivity contribution in [2.45, 2.75) is 19.4 Å². The number of nitrogens with zero attached hydrogens (tertiary/aromatic N) is 1. The number of hydrogen-bond acceptors (Lipinski definition) is 4. The first-order valence-electron chi connectivity index (χ1n) is 9.77. The van der Waals surface area contributed by atoms with Gasteiger partial charge in [-0.1, -0.05) is 35.9 Å². The van der Waals surface area contributed by atoms with Gasteiger partial charge in [0.15, 0.2) is 0 Å². The number of halogens is 1. The molecule has 1 aliphatic rings. The van der Waals surface area contributed by atoms with E-state index in [1.54, 1.807) is 6.07 Å². The number of carbonyl (C=O) groups is 1. The Morgan fingerprint density at radius 1 is 0.964 bits per heavy atom. The van der Waals surface area contributed by atoms with Gasteiger partial charge in [0.1, 0.15) is 12.4 Å². The van der Waals surface area contributed by atoms with Crippen LogP contribution in [0.15, 0.2) is 48.5 Å². The third kappa shape index (κ3) is 6.51. The number of amides is 1. The second-order valence-electron chi connectivity index (χ2n) is 6.82. The summed E-state index contributed by atoms with van der Waals surface area (Å²) in [4.78, 5) is 14.8. The molecule has 0 saturated heterocycles. The first-order chi connectivity index (χ1) is 13.7. The highest BCUT2D eigenvalue weighted by atomic mass is 35.5. The fourth-order valence-corrected chi connectivity index (χ4v) is 3.28. The van der Waals surface area contributed by atoms with Crippen LogP contribution < -0.4 is 10.1 Å². The van der Waals surface area contributed by atoms with E-state index in [9.17, 15) is 4.79 Å². The summed E-state index contributed by atoms with van der Waals surface area (Å²) in [5, 5.41) is 3.64. The van der Waals surface area contributed by atoms with E-state index in [4.69, 9.17) is 21.1 Å². The molecule has 2 aromatic rings. The Balaban J connectivity index is 1.67. The second kappa shape index (κ2) is 11.1. The fraction of sp³-hybridized carbons (Fsp3) is 0.409. The van der Waals surface area contributed by atoms with E-state index in [1.807, 2.05) is 30.3 Å². The average molecular weight is 403 g/mol. The van der Waals surface area contributed by atoms with Crippen LogP contribution in [0, 0.1) is 0 Å². The molecule has 5 nitrogen and oxygen atoms in total. The van der Waals surface area contributed by atoms with Crippen molar-refractivity contribution in [1.29, 1.82) is 0 Å². The van der Waals surface area contributed by atoms with Crippen molar-refractivity contribution in [3.63, 3.8) is 0 Å². The number of nitrogens with one attached hydrogen (secondary N) is 1. The summed E-state index contributed by atoms with van der Waals surface area (Å²) in [6.45, 7) is 4.82. The molecule has 3 rings (SSSR count). The smallest absolute Gasteiger partial charge is 0.255 e. The molecule has 1 aliphatic heterocycles. The Labute approximate surface area is 171 Å². The summed E-state index contributed by atoms with van der Waals surface area (Å²) in [7, 11) is 0. The molecule has 0 aromatic heterocycles. The lowest BCUT2D eigenvalue weighted by Gasteiger charge is -2.23. The summed E-state index contributed by atoms with van der Waals surface area (Å²) >= 11 is 6.00. The highest BCUT2D eigenvalue weighted by Gasteiger charge is 2.13. The number of benzene rings is 2. The van der Waals surface area contributed by atoms with Gasteiger partial charge in [-0.2, -0.15) is 0 Å². The van der Waals surface area contributed by atoms with E-state index in [0.29, 0.717) is 37.7 Å². The van der Waals surface area contributed by atoms with E-state index in [2.05, 4.69) is 22.3 Å². The molecule has 150 valence electrons. The van der Waals surface area contributed by atoms with E-state index in [0.717, 1.165) is 37.5 Å². The minimum Gasteiger partial charge on any atom is -0.491 e. The molecule has 0 spiro atoms. The normalized spacial score (nSPS) is 17.5. The molecule has 28 heavy (non-hydrogen) atoms. The molecule has 0 atom stereocenters. The maximum Gasteiger partial charge on any atom is 0.255 e. The molecule has 0 fully saturated rings. The molecule has 0 bridgehead atoms. The summed E-state index contributed by atoms with van der Waals surface area (Å²) in [5.74, 6) is 0.481. The predicted molar refractivity (Wildman–Crippen MR) is 111 cm³/mol. The number of rotatable bonds is 2. The Bertz CT molecular complexity index is 752. The SMILES string of the molecule is O=C1NCCOCCCCN(Cc2ccc(Cl)cc2)CCOc2ccccc21. The van der Waals surface area contributed by atoms with Crippen molar-refractivity contribution in [3.05, 3.63) is 64.7 Å². The zero-order chi connectivity index (χ0) is 19.6. The van der Waals surface area contributed by atoms with Crippen LogP contribution in [0.25, 0.3) is 0 Å². The molecule has 1 heterocycles. The number of fused-ring (bicyclic) bond motifs is 1. The largest absolute Gasteiger partial charge is 0.491 e. The Kier molecular flexibility index (Phi) is 8.15. The maximum absolute atomic E-state index is 12.4. The molecule has 0 saturated carbocycles. The van der Waals surface area contributed by atoms with Crippen LogP contribution in [0.5, 0.6) is 5.75 Å². The van der Waals surface area contributed by atoms with Crippen molar-refractivity contribution < 1.29 is 14.3 Å². The third-order valence-corrected chi connectivity index (χ3v) is 4.91. The number of carbonyl (C=O) groups excluding carboxylic acids is 1. The van der Waals surface area contributed by atoms with Gasteiger partial charge in [0.2, 0.25) is 0 Å². The molecule has 0 radical (unpaired) electrons. The van der Waals surface area contributed by atoms with Crippen LogP contribution in [0.2, 0.25) is 5.02 Å². The number of ether oxygens (including phenoxy) is 2. The van der Waals surface area contributed by atoms with E-state index in [1.165, 1.54) is 5.56 Å². The molecular formula is C22H27ClN2O3. The summed E-state index contributed by atoms with van der Waals surface area (Å²) in [6, 6.07) is 15.3. The standard InChI is InChI=1S/C22H27ClN2O3/c23-19-9-7-18(8-10-19)17-25-12-3-4-14-27-15-11-24-22(26)20-5-1-2-6-21(20)28-16-13-25/h1-2,5-10H,3-4,11-17H2,(H,24,26). The van der Waals surface area contributed by atoms with Crippen molar-refractivity contribution in [3.8, 4) is 5.75 Å². The minimum absolute atomic E-state index is 0.132. The van der Waals surface area contributed by atoms with Crippen LogP contribution in [0.1, 0.15) is 28.8 Å². The van der Waals surface area contributed by atoms with Crippen LogP contribution in [-0.2, 0) is 11.3 Å². The lowest BCUT2D eigenvalue weighted by molar-refractivity contribution is 0.0909. The van der Waals surface area contributed by atoms with Gasteiger partial charge in [-0.15, -0.1) is 0 Å². The second-order valence-corrected chi connectivity index (χ2v) is 7.26. The van der Waals surface area contributed by atoms with E-state index < -0.39 is 0 Å². The Morgan fingerprint density at radius 2 is 1.79 bits per heavy atom. The van der Waals surface area contributed by atoms with Crippen molar-refractivity contribution in [1.82, 2.24) is 10.2 Å². The first kappa shape index (κ1) is 20.6. The van der Waals surface area contributed by atoms with E-state index in [-0.39, 0.29) is 5.91 Å². The lowest BCUT2D eigenvalue weighted by atomic mass is 10.2. The minimum atomic E-state index is -0.132. The van der Waals surface area contributed by atoms with Gasteiger partial charge in [-0.3, -0.25) is 9.69 Å². The van der Waals surface area contributed by atoms with Crippen LogP contribution in [-0.4, -0.2) is 50.3 Å². The molecule has 0 aliphatic carbocycles. The highest BCUT2D eigenvalue weighted by Crippen LogP contribution is 2.18. The predicted octanol–water partition coefficient (Wildman–Crippen LogP) is 3.76. The molecule has 1 N–H and O–H groups in total. The zero-order valence-corrected chi connectivity index (χ0v) is 16.8. The zero-order valence-electron chi connectivity index (χ0n) is 16.0. The van der Waals surface area contributed by atoms with Gasteiger partial charge in [0.25, 0.3) is 5.91 Å². The van der Waals surface area contributed by atoms with Gasteiger partial charge < -0.3 is 14.8 Å². The lowest BCUT2D eigenvalue weighted by Crippen LogP contribution is -2.30. The number of para-hydroxylation sites is 1. The van der Waals surface area contributed by atoms with E-state index >= 15 is 0 Å².